The van der Waals surface area contributed by atoms with E-state index >= 15 is 0 Å². The zero-order valence-corrected chi connectivity index (χ0v) is 12.3. The maximum Gasteiger partial charge on any atom is 0.166 e. The van der Waals surface area contributed by atoms with Gasteiger partial charge in [-0.25, -0.2) is 0 Å². The Bertz CT molecular complexity index is 248. The van der Waals surface area contributed by atoms with Gasteiger partial charge in [0, 0.05) is 19.2 Å². The van der Waals surface area contributed by atoms with Crippen LogP contribution in [0, 0.1) is 11.8 Å². The van der Waals surface area contributed by atoms with E-state index in [-0.39, 0.29) is 6.04 Å². The second-order valence-electron chi connectivity index (χ2n) is 5.35. The third-order valence-electron chi connectivity index (χ3n) is 3.82. The summed E-state index contributed by atoms with van der Waals surface area (Å²) < 4.78 is 5.08. The molecule has 1 fully saturated rings. The minimum Gasteiger partial charge on any atom is -0.383 e. The molecule has 0 bridgehead atoms. The lowest BCUT2D eigenvalue weighted by Gasteiger charge is -2.35. The lowest BCUT2D eigenvalue weighted by atomic mass is 9.78. The van der Waals surface area contributed by atoms with E-state index in [1.165, 1.54) is 19.3 Å². The number of methoxy groups -OCH3 is 1. The summed E-state index contributed by atoms with van der Waals surface area (Å²) in [6.45, 7) is 7.41. The first-order valence-corrected chi connectivity index (χ1v) is 7.01. The molecule has 2 N–H and O–H groups in total. The van der Waals surface area contributed by atoms with Crippen LogP contribution in [0.5, 0.6) is 0 Å². The molecule has 1 rings (SSSR count). The third-order valence-corrected chi connectivity index (χ3v) is 4.05. The molecule has 0 spiro atoms. The Morgan fingerprint density at radius 2 is 2.12 bits per heavy atom. The van der Waals surface area contributed by atoms with Gasteiger partial charge in [0.05, 0.1) is 6.61 Å². The van der Waals surface area contributed by atoms with Crippen molar-refractivity contribution in [2.45, 2.75) is 52.1 Å². The molecule has 0 saturated heterocycles. The molecule has 0 aromatic carbocycles. The molecule has 4 unspecified atom stereocenters. The van der Waals surface area contributed by atoms with E-state index < -0.39 is 0 Å². The van der Waals surface area contributed by atoms with Crippen molar-refractivity contribution >= 4 is 17.3 Å². The van der Waals surface area contributed by atoms with Gasteiger partial charge < -0.3 is 15.4 Å². The lowest BCUT2D eigenvalue weighted by molar-refractivity contribution is 0.178. The summed E-state index contributed by atoms with van der Waals surface area (Å²) in [5, 5.41) is 7.48. The maximum atomic E-state index is 5.34. The van der Waals surface area contributed by atoms with Crippen LogP contribution in [0.3, 0.4) is 0 Å². The van der Waals surface area contributed by atoms with Crippen molar-refractivity contribution in [3.05, 3.63) is 0 Å². The molecule has 17 heavy (non-hydrogen) atoms. The summed E-state index contributed by atoms with van der Waals surface area (Å²) in [7, 11) is 1.71. The summed E-state index contributed by atoms with van der Waals surface area (Å²) in [6.07, 6.45) is 3.88. The van der Waals surface area contributed by atoms with Crippen molar-refractivity contribution in [2.24, 2.45) is 11.8 Å². The molecule has 1 aliphatic rings. The first kappa shape index (κ1) is 14.7. The van der Waals surface area contributed by atoms with Crippen molar-refractivity contribution < 1.29 is 4.74 Å². The molecule has 0 heterocycles. The topological polar surface area (TPSA) is 33.3 Å². The van der Waals surface area contributed by atoms with E-state index in [1.54, 1.807) is 7.11 Å². The van der Waals surface area contributed by atoms with E-state index in [4.69, 9.17) is 17.0 Å². The van der Waals surface area contributed by atoms with E-state index in [9.17, 15) is 0 Å². The molecule has 4 heteroatoms. The van der Waals surface area contributed by atoms with Crippen molar-refractivity contribution in [3.63, 3.8) is 0 Å². The molecule has 0 radical (unpaired) electrons. The van der Waals surface area contributed by atoms with Crippen LogP contribution in [-0.4, -0.2) is 30.9 Å². The summed E-state index contributed by atoms with van der Waals surface area (Å²) >= 11 is 5.34. The molecule has 0 aromatic rings. The average Bonchev–Trinajstić information content (AvgIpc) is 2.25. The highest BCUT2D eigenvalue weighted by atomic mass is 32.1. The van der Waals surface area contributed by atoms with E-state index in [0.29, 0.717) is 18.6 Å². The Morgan fingerprint density at radius 1 is 1.41 bits per heavy atom. The highest BCUT2D eigenvalue weighted by Gasteiger charge is 2.27. The molecular weight excluding hydrogens is 232 g/mol. The number of rotatable bonds is 4. The minimum absolute atomic E-state index is 0.260. The standard InChI is InChI=1S/C13H26N2OS/c1-9-6-5-7-12(11(9)3)15-13(17)14-10(2)8-16-4/h9-12H,5-8H2,1-4H3,(H2,14,15,17). The lowest BCUT2D eigenvalue weighted by Crippen LogP contribution is -2.50. The van der Waals surface area contributed by atoms with Gasteiger partial charge in [0.2, 0.25) is 0 Å². The second kappa shape index (κ2) is 7.17. The van der Waals surface area contributed by atoms with Crippen LogP contribution in [0.25, 0.3) is 0 Å². The van der Waals surface area contributed by atoms with Crippen LogP contribution in [-0.2, 0) is 4.74 Å². The van der Waals surface area contributed by atoms with Gasteiger partial charge in [0.25, 0.3) is 0 Å². The highest BCUT2D eigenvalue weighted by molar-refractivity contribution is 7.80. The first-order chi connectivity index (χ1) is 8.04. The van der Waals surface area contributed by atoms with Gasteiger partial charge in [-0.05, 0) is 37.4 Å². The van der Waals surface area contributed by atoms with Crippen LogP contribution in [0.4, 0.5) is 0 Å². The summed E-state index contributed by atoms with van der Waals surface area (Å²) in [4.78, 5) is 0. The fourth-order valence-corrected chi connectivity index (χ4v) is 2.86. The zero-order chi connectivity index (χ0) is 12.8. The van der Waals surface area contributed by atoms with Crippen LogP contribution >= 0.6 is 12.2 Å². The minimum atomic E-state index is 0.260. The molecule has 0 aromatic heterocycles. The van der Waals surface area contributed by atoms with Gasteiger partial charge in [-0.15, -0.1) is 0 Å². The zero-order valence-electron chi connectivity index (χ0n) is 11.5. The van der Waals surface area contributed by atoms with Crippen LogP contribution < -0.4 is 10.6 Å². The van der Waals surface area contributed by atoms with E-state index in [2.05, 4.69) is 31.4 Å². The van der Waals surface area contributed by atoms with Gasteiger partial charge >= 0.3 is 0 Å². The maximum absolute atomic E-state index is 5.34. The van der Waals surface area contributed by atoms with Gasteiger partial charge in [-0.3, -0.25) is 0 Å². The van der Waals surface area contributed by atoms with E-state index in [1.807, 2.05) is 0 Å². The predicted octanol–water partition coefficient (Wildman–Crippen LogP) is 2.31. The Morgan fingerprint density at radius 3 is 2.76 bits per heavy atom. The van der Waals surface area contributed by atoms with Gasteiger partial charge in [0.1, 0.15) is 0 Å². The second-order valence-corrected chi connectivity index (χ2v) is 5.76. The number of thiocarbonyl (C=S) groups is 1. The van der Waals surface area contributed by atoms with Crippen molar-refractivity contribution in [1.29, 1.82) is 0 Å². The molecule has 3 nitrogen and oxygen atoms in total. The fourth-order valence-electron chi connectivity index (χ4n) is 2.51. The summed E-state index contributed by atoms with van der Waals surface area (Å²) in [5.74, 6) is 1.49. The van der Waals surface area contributed by atoms with Gasteiger partial charge in [-0.2, -0.15) is 0 Å². The Kier molecular flexibility index (Phi) is 6.20. The highest BCUT2D eigenvalue weighted by Crippen LogP contribution is 2.29. The molecule has 4 atom stereocenters. The number of nitrogens with one attached hydrogen (secondary N) is 2. The molecule has 0 amide bonds. The Labute approximate surface area is 111 Å². The molecule has 1 aliphatic carbocycles. The molecule has 100 valence electrons. The smallest absolute Gasteiger partial charge is 0.166 e. The summed E-state index contributed by atoms with van der Waals surface area (Å²) in [5.41, 5.74) is 0. The monoisotopic (exact) mass is 258 g/mol. The van der Waals surface area contributed by atoms with Gasteiger partial charge in [-0.1, -0.05) is 26.7 Å². The quantitative estimate of drug-likeness (QED) is 0.758. The normalized spacial score (nSPS) is 30.7. The number of hydrogen-bond acceptors (Lipinski definition) is 2. The van der Waals surface area contributed by atoms with Crippen LogP contribution in [0.15, 0.2) is 0 Å². The van der Waals surface area contributed by atoms with Crippen molar-refractivity contribution in [2.75, 3.05) is 13.7 Å². The molecule has 0 aliphatic heterocycles. The Hall–Kier alpha value is -0.350. The predicted molar refractivity (Wildman–Crippen MR) is 76.2 cm³/mol. The van der Waals surface area contributed by atoms with Gasteiger partial charge in [0.15, 0.2) is 5.11 Å². The molecule has 1 saturated carbocycles. The largest absolute Gasteiger partial charge is 0.383 e. The number of hydrogen-bond donors (Lipinski definition) is 2. The number of ether oxygens (including phenoxy) is 1. The van der Waals surface area contributed by atoms with Crippen LogP contribution in [0.2, 0.25) is 0 Å². The van der Waals surface area contributed by atoms with Crippen molar-refractivity contribution in [1.82, 2.24) is 10.6 Å². The van der Waals surface area contributed by atoms with Crippen molar-refractivity contribution in [3.8, 4) is 0 Å². The first-order valence-electron chi connectivity index (χ1n) is 6.60. The Balaban J connectivity index is 2.34. The summed E-state index contributed by atoms with van der Waals surface area (Å²) in [6, 6.07) is 0.782. The fraction of sp³-hybridized carbons (Fsp3) is 0.923. The van der Waals surface area contributed by atoms with E-state index in [0.717, 1.165) is 11.0 Å². The molecular formula is C13H26N2OS. The average molecular weight is 258 g/mol. The van der Waals surface area contributed by atoms with Crippen LogP contribution in [0.1, 0.15) is 40.0 Å². The SMILES string of the molecule is COCC(C)NC(=S)NC1CCCC(C)C1C. The third kappa shape index (κ3) is 4.80.